The standard InChI is InChI=1S/C11H11ClN2O/c1-7-10(6-13-14-7)9-4-3-8(15-2)5-11(9)12/h3-6H,1-2H3,(H,13,14). The fourth-order valence-corrected chi connectivity index (χ4v) is 1.74. The number of aryl methyl sites for hydroxylation is 1. The van der Waals surface area contributed by atoms with Gasteiger partial charge in [-0.05, 0) is 25.1 Å². The highest BCUT2D eigenvalue weighted by Crippen LogP contribution is 2.31. The summed E-state index contributed by atoms with van der Waals surface area (Å²) in [6.45, 7) is 1.96. The second-order valence-corrected chi connectivity index (χ2v) is 3.66. The van der Waals surface area contributed by atoms with Gasteiger partial charge in [0.2, 0.25) is 0 Å². The first-order chi connectivity index (χ1) is 7.22. The first-order valence-electron chi connectivity index (χ1n) is 4.56. The quantitative estimate of drug-likeness (QED) is 0.848. The molecule has 0 spiro atoms. The lowest BCUT2D eigenvalue weighted by atomic mass is 10.1. The fourth-order valence-electron chi connectivity index (χ4n) is 1.46. The summed E-state index contributed by atoms with van der Waals surface area (Å²) in [5.74, 6) is 0.755. The van der Waals surface area contributed by atoms with E-state index in [0.717, 1.165) is 22.6 Å². The van der Waals surface area contributed by atoms with Crippen molar-refractivity contribution in [1.82, 2.24) is 10.2 Å². The molecule has 0 unspecified atom stereocenters. The van der Waals surface area contributed by atoms with Crippen molar-refractivity contribution >= 4 is 11.6 Å². The molecule has 1 aromatic heterocycles. The molecule has 2 aromatic rings. The van der Waals surface area contributed by atoms with Gasteiger partial charge in [-0.2, -0.15) is 5.10 Å². The Balaban J connectivity index is 2.50. The lowest BCUT2D eigenvalue weighted by Crippen LogP contribution is -1.85. The van der Waals surface area contributed by atoms with E-state index in [1.54, 1.807) is 19.4 Å². The molecule has 1 N–H and O–H groups in total. The van der Waals surface area contributed by atoms with Crippen molar-refractivity contribution in [2.45, 2.75) is 6.92 Å². The second kappa shape index (κ2) is 3.95. The molecule has 0 fully saturated rings. The number of rotatable bonds is 2. The maximum absolute atomic E-state index is 6.15. The van der Waals surface area contributed by atoms with E-state index >= 15 is 0 Å². The zero-order valence-corrected chi connectivity index (χ0v) is 9.30. The van der Waals surface area contributed by atoms with Gasteiger partial charge < -0.3 is 4.74 Å². The molecule has 15 heavy (non-hydrogen) atoms. The number of nitrogens with zero attached hydrogens (tertiary/aromatic N) is 1. The SMILES string of the molecule is COc1ccc(-c2cn[nH]c2C)c(Cl)c1. The molecule has 0 aliphatic carbocycles. The van der Waals surface area contributed by atoms with Crippen LogP contribution in [0.2, 0.25) is 5.02 Å². The van der Waals surface area contributed by atoms with Crippen LogP contribution in [-0.2, 0) is 0 Å². The molecule has 0 radical (unpaired) electrons. The highest BCUT2D eigenvalue weighted by Gasteiger charge is 2.08. The Morgan fingerprint density at radius 2 is 2.13 bits per heavy atom. The Labute approximate surface area is 93.0 Å². The number of nitrogens with one attached hydrogen (secondary N) is 1. The number of aromatic amines is 1. The van der Waals surface area contributed by atoms with E-state index in [2.05, 4.69) is 10.2 Å². The van der Waals surface area contributed by atoms with E-state index in [1.807, 2.05) is 19.1 Å². The topological polar surface area (TPSA) is 37.9 Å². The van der Waals surface area contributed by atoms with Crippen LogP contribution >= 0.6 is 11.6 Å². The van der Waals surface area contributed by atoms with Gasteiger partial charge in [-0.25, -0.2) is 0 Å². The molecule has 0 aliphatic heterocycles. The molecule has 0 aliphatic rings. The van der Waals surface area contributed by atoms with E-state index in [4.69, 9.17) is 16.3 Å². The third-order valence-corrected chi connectivity index (χ3v) is 2.61. The Hall–Kier alpha value is -1.48. The van der Waals surface area contributed by atoms with Crippen LogP contribution in [0.5, 0.6) is 5.75 Å². The van der Waals surface area contributed by atoms with Crippen LogP contribution < -0.4 is 4.74 Å². The van der Waals surface area contributed by atoms with Gasteiger partial charge in [0.05, 0.1) is 18.3 Å². The number of H-pyrrole nitrogens is 1. The van der Waals surface area contributed by atoms with Gasteiger partial charge in [-0.3, -0.25) is 5.10 Å². The van der Waals surface area contributed by atoms with Gasteiger partial charge in [0.15, 0.2) is 0 Å². The van der Waals surface area contributed by atoms with E-state index < -0.39 is 0 Å². The third kappa shape index (κ3) is 1.83. The number of ether oxygens (including phenoxy) is 1. The number of aromatic nitrogens is 2. The first-order valence-corrected chi connectivity index (χ1v) is 4.94. The van der Waals surface area contributed by atoms with Crippen molar-refractivity contribution in [2.75, 3.05) is 7.11 Å². The molecule has 2 rings (SSSR count). The maximum atomic E-state index is 6.15. The monoisotopic (exact) mass is 222 g/mol. The van der Waals surface area contributed by atoms with Crippen LogP contribution in [0.25, 0.3) is 11.1 Å². The highest BCUT2D eigenvalue weighted by molar-refractivity contribution is 6.33. The molecule has 0 saturated heterocycles. The van der Waals surface area contributed by atoms with Crippen molar-refractivity contribution in [3.63, 3.8) is 0 Å². The van der Waals surface area contributed by atoms with Crippen molar-refractivity contribution < 1.29 is 4.74 Å². The number of methoxy groups -OCH3 is 1. The lowest BCUT2D eigenvalue weighted by molar-refractivity contribution is 0.415. The van der Waals surface area contributed by atoms with Crippen molar-refractivity contribution in [3.8, 4) is 16.9 Å². The van der Waals surface area contributed by atoms with Crippen LogP contribution in [-0.4, -0.2) is 17.3 Å². The average molecular weight is 223 g/mol. The molecule has 0 saturated carbocycles. The number of benzene rings is 1. The van der Waals surface area contributed by atoms with Crippen LogP contribution in [0.3, 0.4) is 0 Å². The summed E-state index contributed by atoms with van der Waals surface area (Å²) >= 11 is 6.15. The molecule has 3 nitrogen and oxygen atoms in total. The van der Waals surface area contributed by atoms with Gasteiger partial charge in [0.25, 0.3) is 0 Å². The van der Waals surface area contributed by atoms with Crippen LogP contribution in [0.4, 0.5) is 0 Å². The predicted molar refractivity (Wildman–Crippen MR) is 60.3 cm³/mol. The summed E-state index contributed by atoms with van der Waals surface area (Å²) in [6.07, 6.45) is 1.77. The van der Waals surface area contributed by atoms with Gasteiger partial charge in [-0.15, -0.1) is 0 Å². The summed E-state index contributed by atoms with van der Waals surface area (Å²) in [5.41, 5.74) is 2.98. The number of hydrogen-bond donors (Lipinski definition) is 1. The Bertz CT molecular complexity index is 479. The molecule has 1 heterocycles. The second-order valence-electron chi connectivity index (χ2n) is 3.25. The number of hydrogen-bond acceptors (Lipinski definition) is 2. The minimum atomic E-state index is 0.666. The highest BCUT2D eigenvalue weighted by atomic mass is 35.5. The van der Waals surface area contributed by atoms with Gasteiger partial charge in [0, 0.05) is 16.8 Å². The molecule has 4 heteroatoms. The van der Waals surface area contributed by atoms with Crippen LogP contribution in [0, 0.1) is 6.92 Å². The van der Waals surface area contributed by atoms with Gasteiger partial charge in [-0.1, -0.05) is 11.6 Å². The largest absolute Gasteiger partial charge is 0.497 e. The van der Waals surface area contributed by atoms with Crippen molar-refractivity contribution in [1.29, 1.82) is 0 Å². The smallest absolute Gasteiger partial charge is 0.120 e. The van der Waals surface area contributed by atoms with Crippen LogP contribution in [0.15, 0.2) is 24.4 Å². The average Bonchev–Trinajstić information content (AvgIpc) is 2.64. The minimum Gasteiger partial charge on any atom is -0.497 e. The van der Waals surface area contributed by atoms with Crippen molar-refractivity contribution in [2.24, 2.45) is 0 Å². The Morgan fingerprint density at radius 3 is 2.67 bits per heavy atom. The van der Waals surface area contributed by atoms with E-state index in [-0.39, 0.29) is 0 Å². The lowest BCUT2D eigenvalue weighted by Gasteiger charge is -2.05. The molecular weight excluding hydrogens is 212 g/mol. The van der Waals surface area contributed by atoms with E-state index in [9.17, 15) is 0 Å². The van der Waals surface area contributed by atoms with Crippen molar-refractivity contribution in [3.05, 3.63) is 35.1 Å². The summed E-state index contributed by atoms with van der Waals surface area (Å²) in [7, 11) is 1.62. The normalized spacial score (nSPS) is 10.3. The minimum absolute atomic E-state index is 0.666. The molecule has 0 atom stereocenters. The molecule has 0 amide bonds. The maximum Gasteiger partial charge on any atom is 0.120 e. The Morgan fingerprint density at radius 1 is 1.33 bits per heavy atom. The molecule has 78 valence electrons. The zero-order chi connectivity index (χ0) is 10.8. The molecule has 1 aromatic carbocycles. The predicted octanol–water partition coefficient (Wildman–Crippen LogP) is 3.05. The molecular formula is C11H11ClN2O. The molecule has 0 bridgehead atoms. The van der Waals surface area contributed by atoms with E-state index in [0.29, 0.717) is 5.02 Å². The van der Waals surface area contributed by atoms with Crippen LogP contribution in [0.1, 0.15) is 5.69 Å². The van der Waals surface area contributed by atoms with Gasteiger partial charge >= 0.3 is 0 Å². The summed E-state index contributed by atoms with van der Waals surface area (Å²) < 4.78 is 5.09. The zero-order valence-electron chi connectivity index (χ0n) is 8.54. The summed E-state index contributed by atoms with van der Waals surface area (Å²) in [5, 5.41) is 7.52. The summed E-state index contributed by atoms with van der Waals surface area (Å²) in [6, 6.07) is 5.61. The van der Waals surface area contributed by atoms with E-state index in [1.165, 1.54) is 0 Å². The Kier molecular flexibility index (Phi) is 2.64. The summed E-state index contributed by atoms with van der Waals surface area (Å²) in [4.78, 5) is 0. The number of halogens is 1. The first kappa shape index (κ1) is 10.1. The third-order valence-electron chi connectivity index (χ3n) is 2.30. The van der Waals surface area contributed by atoms with Gasteiger partial charge in [0.1, 0.15) is 5.75 Å². The fraction of sp³-hybridized carbons (Fsp3) is 0.182.